The summed E-state index contributed by atoms with van der Waals surface area (Å²) in [5.41, 5.74) is 0. The maximum absolute atomic E-state index is 12.6. The van der Waals surface area contributed by atoms with E-state index in [4.69, 9.17) is 56.8 Å². The molecule has 424 valence electrons. The Morgan fingerprint density at radius 2 is 0.849 bits per heavy atom. The molecule has 6 aliphatic rings. The summed E-state index contributed by atoms with van der Waals surface area (Å²) >= 11 is 0. The molecule has 15 unspecified atom stereocenters. The highest BCUT2D eigenvalue weighted by atomic mass is 16.8. The quantitative estimate of drug-likeness (QED) is 0.0503. The molecule has 6 saturated heterocycles. The highest BCUT2D eigenvalue weighted by Crippen LogP contribution is 2.38. The van der Waals surface area contributed by atoms with Crippen LogP contribution in [-0.4, -0.2) is 307 Å². The Morgan fingerprint density at radius 3 is 1.34 bits per heavy atom. The molecule has 29 atom stereocenters. The Kier molecular flexibility index (Phi) is 21.8. The van der Waals surface area contributed by atoms with Crippen LogP contribution in [0.1, 0.15) is 27.7 Å². The summed E-state index contributed by atoms with van der Waals surface area (Å²) in [7, 11) is 0. The van der Waals surface area contributed by atoms with Crippen LogP contribution in [0, 0.1) is 5.92 Å². The minimum Gasteiger partial charge on any atom is -0.396 e. The molecule has 0 saturated carbocycles. The average molecular weight is 1070 g/mol. The molecule has 0 aromatic rings. The number of amides is 2. The van der Waals surface area contributed by atoms with E-state index >= 15 is 0 Å². The Hall–Kier alpha value is -2.14. The van der Waals surface area contributed by atoms with Gasteiger partial charge in [-0.05, 0) is 13.8 Å². The molecule has 73 heavy (non-hydrogen) atoms. The molecule has 6 fully saturated rings. The van der Waals surface area contributed by atoms with Gasteiger partial charge in [0.2, 0.25) is 11.8 Å². The second-order valence-electron chi connectivity index (χ2n) is 18.7. The number of nitrogens with one attached hydrogen (secondary N) is 2. The van der Waals surface area contributed by atoms with Gasteiger partial charge in [0, 0.05) is 19.8 Å². The van der Waals surface area contributed by atoms with Gasteiger partial charge in [-0.15, -0.1) is 0 Å². The van der Waals surface area contributed by atoms with E-state index in [2.05, 4.69) is 10.6 Å². The van der Waals surface area contributed by atoms with Crippen LogP contribution in [0.15, 0.2) is 0 Å². The SMILES string of the molecule is CC(=O)NC1C(O)[C@H](O[C@@H]2OC(C)C(O)[C@H](O)C2O)C(CO)O[C@H]1OC1C(O)[C@H](O)C(CO)O[C@@H]1O[C@@H]1C(O)[C@H](O[C@@H]2C(CO)O[C@@H](O[C@@H]3C(CO)O[C@H](C)[C@@H]3CO)C(NC(C)=O)C2O)OC(COCO)[C@H]1O. The van der Waals surface area contributed by atoms with Gasteiger partial charge in [0.25, 0.3) is 0 Å². The fourth-order valence-corrected chi connectivity index (χ4v) is 9.76. The summed E-state index contributed by atoms with van der Waals surface area (Å²) in [6.45, 7) is -0.294. The summed E-state index contributed by atoms with van der Waals surface area (Å²) in [6, 6.07) is -3.23. The number of ether oxygens (including phenoxy) is 12. The van der Waals surface area contributed by atoms with Crippen molar-refractivity contribution >= 4 is 11.8 Å². The van der Waals surface area contributed by atoms with E-state index in [1.165, 1.54) is 6.92 Å². The van der Waals surface area contributed by atoms with Crippen molar-refractivity contribution in [2.45, 2.75) is 199 Å². The van der Waals surface area contributed by atoms with E-state index in [1.807, 2.05) is 0 Å². The first-order chi connectivity index (χ1) is 34.6. The van der Waals surface area contributed by atoms with Gasteiger partial charge in [0.15, 0.2) is 31.5 Å². The molecule has 0 aliphatic carbocycles. The first-order valence-corrected chi connectivity index (χ1v) is 23.7. The zero-order chi connectivity index (χ0) is 53.7. The highest BCUT2D eigenvalue weighted by molar-refractivity contribution is 5.73. The third-order valence-corrected chi connectivity index (χ3v) is 13.7. The number of hydrogen-bond acceptors (Lipinski definition) is 29. The predicted molar refractivity (Wildman–Crippen MR) is 229 cm³/mol. The standard InChI is InChI=1S/C42H72N2O29/c1-12-16(5-45)33(18(7-47)63-12)69-38-22(43-14(3)51)27(56)35(20(9-49)66-38)71-41-32(61)36(26(55)21(68-41)10-62-11-50)72-42-37(30(59)25(54)17(6-46)65-42)73-39-23(44-15(4)52)28(57)34(19(8-48)67-39)70-40-31(60)29(58)24(53)13(2)64-40/h12-13,16-42,45-50,53-61H,5-11H2,1-4H3,(H,43,51)(H,44,52)/t12-,13?,16+,17?,18?,19?,20?,21?,22?,23?,24?,25-,26-,27?,28?,29+,30?,31?,32?,33+,34-,35-,36+,37?,38+,39+,40+,41+,42-/m1/s1. The van der Waals surface area contributed by atoms with Crippen LogP contribution < -0.4 is 10.6 Å². The van der Waals surface area contributed by atoms with Crippen molar-refractivity contribution in [1.82, 2.24) is 10.6 Å². The van der Waals surface area contributed by atoms with E-state index in [0.29, 0.717) is 0 Å². The lowest BCUT2D eigenvalue weighted by atomic mass is 9.94. The van der Waals surface area contributed by atoms with Crippen LogP contribution in [0.3, 0.4) is 0 Å². The van der Waals surface area contributed by atoms with Gasteiger partial charge >= 0.3 is 0 Å². The van der Waals surface area contributed by atoms with E-state index in [1.54, 1.807) is 6.92 Å². The summed E-state index contributed by atoms with van der Waals surface area (Å²) in [5, 5.41) is 167. The second-order valence-corrected chi connectivity index (χ2v) is 18.7. The molecule has 0 radical (unpaired) electrons. The van der Waals surface area contributed by atoms with Gasteiger partial charge in [0.05, 0.1) is 58.0 Å². The maximum atomic E-state index is 12.6. The summed E-state index contributed by atoms with van der Waals surface area (Å²) in [5.74, 6) is -2.22. The van der Waals surface area contributed by atoms with Crippen molar-refractivity contribution in [3.63, 3.8) is 0 Å². The van der Waals surface area contributed by atoms with Crippen LogP contribution in [0.4, 0.5) is 0 Å². The zero-order valence-corrected chi connectivity index (χ0v) is 40.1. The van der Waals surface area contributed by atoms with Crippen molar-refractivity contribution in [1.29, 1.82) is 0 Å². The fourth-order valence-electron chi connectivity index (χ4n) is 9.76. The molecule has 0 aromatic carbocycles. The van der Waals surface area contributed by atoms with Crippen LogP contribution in [0.25, 0.3) is 0 Å². The van der Waals surface area contributed by atoms with Crippen LogP contribution in [0.2, 0.25) is 0 Å². The molecular weight excluding hydrogens is 996 g/mol. The number of carbonyl (C=O) groups excluding carboxylic acids is 2. The van der Waals surface area contributed by atoms with Crippen molar-refractivity contribution in [2.24, 2.45) is 5.92 Å². The molecule has 31 nitrogen and oxygen atoms in total. The third kappa shape index (κ3) is 13.2. The lowest BCUT2D eigenvalue weighted by Crippen LogP contribution is -2.70. The minimum absolute atomic E-state index is 0.456. The summed E-state index contributed by atoms with van der Waals surface area (Å²) < 4.78 is 70.0. The first-order valence-electron chi connectivity index (χ1n) is 23.7. The topological polar surface area (TPSA) is 472 Å². The number of hydrogen-bond donors (Lipinski definition) is 17. The van der Waals surface area contributed by atoms with Crippen molar-refractivity contribution < 1.29 is 143 Å². The minimum atomic E-state index is -2.19. The number of rotatable bonds is 20. The highest BCUT2D eigenvalue weighted by Gasteiger charge is 2.58. The number of carbonyl (C=O) groups is 2. The Morgan fingerprint density at radius 1 is 0.397 bits per heavy atom. The molecule has 0 spiro atoms. The molecule has 17 N–H and O–H groups in total. The predicted octanol–water partition coefficient (Wildman–Crippen LogP) is -10.9. The molecule has 0 bridgehead atoms. The normalized spacial score (nSPS) is 48.6. The van der Waals surface area contributed by atoms with E-state index in [9.17, 15) is 86.2 Å². The monoisotopic (exact) mass is 1070 g/mol. The van der Waals surface area contributed by atoms with Crippen LogP contribution in [-0.2, 0) is 66.4 Å². The van der Waals surface area contributed by atoms with Crippen molar-refractivity contribution in [2.75, 3.05) is 46.4 Å². The lowest BCUT2D eigenvalue weighted by Gasteiger charge is -2.50. The molecule has 2 amide bonds. The zero-order valence-electron chi connectivity index (χ0n) is 40.1. The Labute approximate surface area is 416 Å². The average Bonchev–Trinajstić information content (AvgIpc) is 3.67. The first kappa shape index (κ1) is 60.1. The largest absolute Gasteiger partial charge is 0.396 e. The molecular formula is C42H72N2O29. The van der Waals surface area contributed by atoms with Crippen molar-refractivity contribution in [3.05, 3.63) is 0 Å². The van der Waals surface area contributed by atoms with Gasteiger partial charge in [-0.3, -0.25) is 9.59 Å². The van der Waals surface area contributed by atoms with Gasteiger partial charge in [-0.25, -0.2) is 0 Å². The molecule has 6 rings (SSSR count). The van der Waals surface area contributed by atoms with Crippen LogP contribution in [0.5, 0.6) is 0 Å². The fraction of sp³-hybridized carbons (Fsp3) is 0.952. The maximum Gasteiger partial charge on any atom is 0.217 e. The van der Waals surface area contributed by atoms with Crippen molar-refractivity contribution in [3.8, 4) is 0 Å². The van der Waals surface area contributed by atoms with Gasteiger partial charge in [-0.2, -0.15) is 0 Å². The molecule has 31 heteroatoms. The lowest BCUT2D eigenvalue weighted by molar-refractivity contribution is -0.394. The molecule has 6 heterocycles. The van der Waals surface area contributed by atoms with Gasteiger partial charge in [0.1, 0.15) is 129 Å². The Bertz CT molecular complexity index is 1730. The molecule has 6 aliphatic heterocycles. The van der Waals surface area contributed by atoms with Gasteiger partial charge < -0.3 is 144 Å². The van der Waals surface area contributed by atoms with E-state index < -0.39 is 236 Å². The smallest absolute Gasteiger partial charge is 0.217 e. The Balaban J connectivity index is 1.26. The third-order valence-electron chi connectivity index (χ3n) is 13.7. The van der Waals surface area contributed by atoms with Gasteiger partial charge in [-0.1, -0.05) is 0 Å². The molecule has 0 aromatic heterocycles. The summed E-state index contributed by atoms with van der Waals surface area (Å²) in [6.07, 6.45) is -44.3. The number of aliphatic hydroxyl groups is 15. The summed E-state index contributed by atoms with van der Waals surface area (Å²) in [4.78, 5) is 25.1. The van der Waals surface area contributed by atoms with E-state index in [-0.39, 0.29) is 0 Å². The second kappa shape index (κ2) is 26.5. The number of aliphatic hydroxyl groups excluding tert-OH is 15. The van der Waals surface area contributed by atoms with Crippen LogP contribution >= 0.6 is 0 Å². The van der Waals surface area contributed by atoms with E-state index in [0.717, 1.165) is 13.8 Å².